The van der Waals surface area contributed by atoms with Crippen molar-refractivity contribution in [3.63, 3.8) is 0 Å². The molecule has 0 aliphatic carbocycles. The molecule has 0 atom stereocenters. The predicted molar refractivity (Wildman–Crippen MR) is 38.2 cm³/mol. The van der Waals surface area contributed by atoms with Crippen molar-refractivity contribution in [1.82, 2.24) is 0 Å². The van der Waals surface area contributed by atoms with Crippen LogP contribution in [0.4, 0.5) is 0 Å². The van der Waals surface area contributed by atoms with Gasteiger partial charge in [-0.05, 0) is 0 Å². The molecule has 0 radical (unpaired) electrons. The van der Waals surface area contributed by atoms with E-state index in [1.807, 2.05) is 6.79 Å². The molecule has 5 nitrogen and oxygen atoms in total. The van der Waals surface area contributed by atoms with Gasteiger partial charge in [-0.1, -0.05) is 7.43 Å². The van der Waals surface area contributed by atoms with Gasteiger partial charge in [0.05, 0.1) is 0 Å². The van der Waals surface area contributed by atoms with Gasteiger partial charge >= 0.3 is 17.7 Å². The van der Waals surface area contributed by atoms with Crippen molar-refractivity contribution in [2.24, 2.45) is 0 Å². The highest BCUT2D eigenvalue weighted by Crippen LogP contribution is 0.846. The zero-order valence-corrected chi connectivity index (χ0v) is 5.97. The Bertz CT molecular complexity index is 79.1. The number of rotatable bonds is 0. The van der Waals surface area contributed by atoms with Crippen LogP contribution >= 0.6 is 13.5 Å². The molecule has 7 heteroatoms. The van der Waals surface area contributed by atoms with E-state index in [4.69, 9.17) is 22.8 Å². The second-order valence-electron chi connectivity index (χ2n) is 0.151. The third-order valence-electron chi connectivity index (χ3n) is 0. The Morgan fingerprint density at radius 2 is 1.10 bits per heavy atom. The molecule has 0 aromatic heterocycles. The minimum atomic E-state index is -0.750. The molecule has 0 N–H and O–H groups in total. The summed E-state index contributed by atoms with van der Waals surface area (Å²) in [6.07, 6.45) is 0.250. The summed E-state index contributed by atoms with van der Waals surface area (Å²) < 4.78 is 16.6. The van der Waals surface area contributed by atoms with E-state index in [9.17, 15) is 0 Å². The van der Waals surface area contributed by atoms with Crippen molar-refractivity contribution in [3.05, 3.63) is 0 Å². The fourth-order valence-corrected chi connectivity index (χ4v) is 0. The monoisotopic (exact) mass is 188 g/mol. The van der Waals surface area contributed by atoms with Gasteiger partial charge in [-0.3, -0.25) is 0 Å². The molecule has 0 bridgehead atoms. The standard InChI is InChI=1S/CO2.CH2O.CH4.O2S.H2S/c2-1-3;1-2;;1-3-2;/h;1H2;1H4;;1H2. The van der Waals surface area contributed by atoms with Crippen LogP contribution in [0.15, 0.2) is 0 Å². The first kappa shape index (κ1) is 35.0. The summed E-state index contributed by atoms with van der Waals surface area (Å²) in [6.45, 7) is 2.00. The largest absolute Gasteiger partial charge is 0.373 e. The predicted octanol–water partition coefficient (Wildman–Crippen LogP) is -0.690. The summed E-state index contributed by atoms with van der Waals surface area (Å²) in [6, 6.07) is 0. The Balaban J connectivity index is -0.0000000116. The molecule has 0 unspecified atom stereocenters. The Morgan fingerprint density at radius 3 is 1.10 bits per heavy atom. The van der Waals surface area contributed by atoms with Gasteiger partial charge < -0.3 is 4.79 Å². The molecule has 0 aromatic rings. The molecule has 0 aromatic carbocycles. The van der Waals surface area contributed by atoms with Gasteiger partial charge in [-0.15, -0.1) is 0 Å². The van der Waals surface area contributed by atoms with Crippen molar-refractivity contribution in [1.29, 1.82) is 0 Å². The molecule has 0 aliphatic heterocycles. The Morgan fingerprint density at radius 1 is 1.10 bits per heavy atom. The topological polar surface area (TPSA) is 85.3 Å². The number of carbonyl (C=O) groups excluding carboxylic acids is 3. The molecule has 0 aliphatic rings. The van der Waals surface area contributed by atoms with E-state index in [1.54, 1.807) is 0 Å². The van der Waals surface area contributed by atoms with Gasteiger partial charge in [0.1, 0.15) is 6.79 Å². The summed E-state index contributed by atoms with van der Waals surface area (Å²) in [5.74, 6) is 0. The first-order valence-electron chi connectivity index (χ1n) is 1.03. The van der Waals surface area contributed by atoms with Crippen LogP contribution in [-0.4, -0.2) is 21.4 Å². The quantitative estimate of drug-likeness (QED) is 0.502. The molecule has 0 saturated carbocycles. The van der Waals surface area contributed by atoms with Gasteiger partial charge in [-0.25, -0.2) is 0 Å². The lowest BCUT2D eigenvalue weighted by Crippen LogP contribution is -1.22. The minimum Gasteiger partial charge on any atom is -0.307 e. The lowest BCUT2D eigenvalue weighted by molar-refractivity contribution is -0.191. The van der Waals surface area contributed by atoms with E-state index in [1.165, 1.54) is 0 Å². The fourth-order valence-electron chi connectivity index (χ4n) is 0. The lowest BCUT2D eigenvalue weighted by atomic mass is 11.8. The smallest absolute Gasteiger partial charge is 0.307 e. The number of hydrogen-bond acceptors (Lipinski definition) is 5. The van der Waals surface area contributed by atoms with Crippen LogP contribution in [0.2, 0.25) is 0 Å². The average Bonchev–Trinajstić information content (AvgIpc) is 1.75. The van der Waals surface area contributed by atoms with E-state index in [0.717, 1.165) is 0 Å². The van der Waals surface area contributed by atoms with Crippen LogP contribution in [0.5, 0.6) is 0 Å². The highest BCUT2D eigenvalue weighted by Gasteiger charge is 1.13. The fraction of sp³-hybridized carbons (Fsp3) is 0.333. The van der Waals surface area contributed by atoms with Crippen LogP contribution in [0.25, 0.3) is 0 Å². The zero-order chi connectivity index (χ0) is 7.41. The lowest BCUT2D eigenvalue weighted by Gasteiger charge is -0.947. The van der Waals surface area contributed by atoms with E-state index in [-0.39, 0.29) is 27.1 Å². The molecule has 0 saturated heterocycles. The zero-order valence-electron chi connectivity index (χ0n) is 4.16. The van der Waals surface area contributed by atoms with Crippen molar-refractivity contribution >= 4 is 38.0 Å². The molecule has 0 heterocycles. The molecule has 0 spiro atoms. The van der Waals surface area contributed by atoms with Gasteiger partial charge in [0, 0.05) is 0 Å². The molecule has 0 rings (SSSR count). The first-order valence-corrected chi connectivity index (χ1v) is 1.70. The van der Waals surface area contributed by atoms with Crippen molar-refractivity contribution in [2.75, 3.05) is 0 Å². The minimum absolute atomic E-state index is 0. The van der Waals surface area contributed by atoms with Crippen LogP contribution < -0.4 is 0 Å². The number of carbonyl (C=O) groups is 1. The maximum atomic E-state index is 8.29. The van der Waals surface area contributed by atoms with Gasteiger partial charge in [0.15, 0.2) is 0 Å². The van der Waals surface area contributed by atoms with Gasteiger partial charge in [-0.2, -0.15) is 31.5 Å². The first-order chi connectivity index (χ1) is 3.83. The second kappa shape index (κ2) is 288. The highest BCUT2D eigenvalue weighted by molar-refractivity contribution is 7.59. The highest BCUT2D eigenvalue weighted by atomic mass is 32.1. The van der Waals surface area contributed by atoms with Crippen LogP contribution in [0, 0.1) is 0 Å². The average molecular weight is 188 g/mol. The van der Waals surface area contributed by atoms with E-state index < -0.39 is 11.6 Å². The summed E-state index contributed by atoms with van der Waals surface area (Å²) >= 11 is -0.750. The molecule has 0 amide bonds. The Hall–Kier alpha value is -0.780. The molecule has 10 heavy (non-hydrogen) atoms. The van der Waals surface area contributed by atoms with E-state index >= 15 is 0 Å². The van der Waals surface area contributed by atoms with Crippen LogP contribution in [0.3, 0.4) is 0 Å². The third kappa shape index (κ3) is 459. The van der Waals surface area contributed by atoms with Crippen LogP contribution in [0.1, 0.15) is 7.43 Å². The van der Waals surface area contributed by atoms with Crippen molar-refractivity contribution in [2.45, 2.75) is 7.43 Å². The van der Waals surface area contributed by atoms with E-state index in [0.29, 0.717) is 0 Å². The van der Waals surface area contributed by atoms with Crippen molar-refractivity contribution in [3.8, 4) is 0 Å². The molecular formula is C3H8O5S2. The molecular weight excluding hydrogens is 180 g/mol. The maximum Gasteiger partial charge on any atom is 0.373 e. The Kier molecular flexibility index (Phi) is 1010. The normalized spacial score (nSPS) is 2.40. The van der Waals surface area contributed by atoms with E-state index in [2.05, 4.69) is 0 Å². The molecule has 0 fully saturated rings. The SMILES string of the molecule is C.C=O.O=C=O.O=S=O.S. The summed E-state index contributed by atoms with van der Waals surface area (Å²) in [4.78, 5) is 24.2. The van der Waals surface area contributed by atoms with Crippen LogP contribution in [-0.2, 0) is 26.0 Å². The van der Waals surface area contributed by atoms with Gasteiger partial charge in [0.25, 0.3) is 0 Å². The summed E-state index contributed by atoms with van der Waals surface area (Å²) in [7, 11) is 0. The maximum absolute atomic E-state index is 8.29. The van der Waals surface area contributed by atoms with Gasteiger partial charge in [0.2, 0.25) is 0 Å². The Labute approximate surface area is 68.9 Å². The molecule has 62 valence electrons. The third-order valence-corrected chi connectivity index (χ3v) is 0. The number of hydrogen-bond donors (Lipinski definition) is 0. The summed E-state index contributed by atoms with van der Waals surface area (Å²) in [5.41, 5.74) is 0. The second-order valence-corrected chi connectivity index (χ2v) is 0.287. The van der Waals surface area contributed by atoms with Crippen molar-refractivity contribution < 1.29 is 22.8 Å². The summed E-state index contributed by atoms with van der Waals surface area (Å²) in [5, 5.41) is 0.